The summed E-state index contributed by atoms with van der Waals surface area (Å²) in [6.07, 6.45) is 2.56. The van der Waals surface area contributed by atoms with Crippen molar-refractivity contribution < 1.29 is 9.21 Å². The van der Waals surface area contributed by atoms with Crippen LogP contribution in [-0.4, -0.2) is 10.9 Å². The predicted octanol–water partition coefficient (Wildman–Crippen LogP) is 2.89. The fourth-order valence-electron chi connectivity index (χ4n) is 1.25. The summed E-state index contributed by atoms with van der Waals surface area (Å²) in [5.41, 5.74) is 1.48. The van der Waals surface area contributed by atoms with E-state index in [9.17, 15) is 4.79 Å². The van der Waals surface area contributed by atoms with Gasteiger partial charge in [-0.1, -0.05) is 17.7 Å². The van der Waals surface area contributed by atoms with Crippen molar-refractivity contribution in [1.82, 2.24) is 4.98 Å². The minimum Gasteiger partial charge on any atom is -0.438 e. The Balaban J connectivity index is 2.22. The molecule has 0 saturated heterocycles. The van der Waals surface area contributed by atoms with E-state index in [1.54, 1.807) is 18.2 Å². The Kier molecular flexibility index (Phi) is 2.92. The first-order valence-electron chi connectivity index (χ1n) is 4.63. The lowest BCUT2D eigenvalue weighted by Crippen LogP contribution is -2.11. The summed E-state index contributed by atoms with van der Waals surface area (Å²) >= 11 is 5.94. The Morgan fingerprint density at radius 3 is 3.00 bits per heavy atom. The van der Waals surface area contributed by atoms with Crippen LogP contribution in [0.2, 0.25) is 5.02 Å². The smallest absolute Gasteiger partial charge is 0.293 e. The van der Waals surface area contributed by atoms with Gasteiger partial charge in [-0.25, -0.2) is 4.98 Å². The van der Waals surface area contributed by atoms with Crippen molar-refractivity contribution in [1.29, 1.82) is 0 Å². The molecule has 5 heteroatoms. The number of aromatic nitrogens is 1. The number of hydrogen-bond acceptors (Lipinski definition) is 3. The number of hydrogen-bond donors (Lipinski definition) is 1. The van der Waals surface area contributed by atoms with Gasteiger partial charge in [0.25, 0.3) is 5.91 Å². The molecule has 0 unspecified atom stereocenters. The number of carbonyl (C=O) groups is 1. The van der Waals surface area contributed by atoms with Gasteiger partial charge in [-0.3, -0.25) is 4.79 Å². The third-order valence-electron chi connectivity index (χ3n) is 2.17. The molecule has 0 aliphatic heterocycles. The first-order valence-corrected chi connectivity index (χ1v) is 5.01. The van der Waals surface area contributed by atoms with Crippen molar-refractivity contribution >= 4 is 23.2 Å². The fourth-order valence-corrected chi connectivity index (χ4v) is 1.43. The van der Waals surface area contributed by atoms with Crippen LogP contribution in [0.3, 0.4) is 0 Å². The van der Waals surface area contributed by atoms with Crippen molar-refractivity contribution in [2.75, 3.05) is 5.32 Å². The standard InChI is InChI=1S/C11H9ClN2O2/c1-7-8(12)3-2-4-9(7)14-11(15)10-5-13-6-16-10/h2-6H,1H3,(H,14,15). The molecule has 1 heterocycles. The Bertz CT molecular complexity index is 509. The van der Waals surface area contributed by atoms with Crippen molar-refractivity contribution in [3.05, 3.63) is 47.1 Å². The highest BCUT2D eigenvalue weighted by atomic mass is 35.5. The van der Waals surface area contributed by atoms with Gasteiger partial charge in [-0.2, -0.15) is 0 Å². The second-order valence-corrected chi connectivity index (χ2v) is 3.64. The van der Waals surface area contributed by atoms with Crippen LogP contribution in [-0.2, 0) is 0 Å². The lowest BCUT2D eigenvalue weighted by atomic mass is 10.2. The van der Waals surface area contributed by atoms with Crippen LogP contribution in [0.5, 0.6) is 0 Å². The van der Waals surface area contributed by atoms with Gasteiger partial charge in [0, 0.05) is 10.7 Å². The largest absolute Gasteiger partial charge is 0.438 e. The summed E-state index contributed by atoms with van der Waals surface area (Å²) in [6, 6.07) is 5.31. The summed E-state index contributed by atoms with van der Waals surface area (Å²) in [6.45, 7) is 1.83. The summed E-state index contributed by atoms with van der Waals surface area (Å²) < 4.78 is 4.88. The zero-order chi connectivity index (χ0) is 11.5. The normalized spacial score (nSPS) is 10.1. The maximum Gasteiger partial charge on any atom is 0.293 e. The molecule has 16 heavy (non-hydrogen) atoms. The van der Waals surface area contributed by atoms with Gasteiger partial charge in [-0.15, -0.1) is 0 Å². The summed E-state index contributed by atoms with van der Waals surface area (Å²) in [5, 5.41) is 3.30. The number of benzene rings is 1. The summed E-state index contributed by atoms with van der Waals surface area (Å²) in [5.74, 6) is -0.178. The predicted molar refractivity (Wildman–Crippen MR) is 60.6 cm³/mol. The Hall–Kier alpha value is -1.81. The van der Waals surface area contributed by atoms with Gasteiger partial charge in [-0.05, 0) is 24.6 Å². The van der Waals surface area contributed by atoms with Crippen LogP contribution in [0.15, 0.2) is 35.2 Å². The molecule has 1 N–H and O–H groups in total. The molecular weight excluding hydrogens is 228 g/mol. The molecule has 0 aliphatic carbocycles. The Labute approximate surface area is 97.2 Å². The van der Waals surface area contributed by atoms with E-state index < -0.39 is 0 Å². The van der Waals surface area contributed by atoms with E-state index >= 15 is 0 Å². The molecule has 2 rings (SSSR count). The number of anilines is 1. The molecule has 1 amide bonds. The van der Waals surface area contributed by atoms with Crippen LogP contribution in [0, 0.1) is 6.92 Å². The average molecular weight is 237 g/mol. The minimum atomic E-state index is -0.345. The summed E-state index contributed by atoms with van der Waals surface area (Å²) in [7, 11) is 0. The molecule has 4 nitrogen and oxygen atoms in total. The van der Waals surface area contributed by atoms with Gasteiger partial charge in [0.05, 0.1) is 6.20 Å². The van der Waals surface area contributed by atoms with Gasteiger partial charge >= 0.3 is 0 Å². The molecule has 1 aromatic carbocycles. The van der Waals surface area contributed by atoms with E-state index in [-0.39, 0.29) is 11.7 Å². The highest BCUT2D eigenvalue weighted by Gasteiger charge is 2.11. The van der Waals surface area contributed by atoms with Crippen LogP contribution >= 0.6 is 11.6 Å². The number of nitrogens with one attached hydrogen (secondary N) is 1. The van der Waals surface area contributed by atoms with Crippen molar-refractivity contribution in [3.8, 4) is 0 Å². The van der Waals surface area contributed by atoms with Gasteiger partial charge < -0.3 is 9.73 Å². The van der Waals surface area contributed by atoms with Crippen molar-refractivity contribution in [3.63, 3.8) is 0 Å². The maximum atomic E-state index is 11.7. The highest BCUT2D eigenvalue weighted by molar-refractivity contribution is 6.31. The number of amides is 1. The first-order chi connectivity index (χ1) is 7.68. The van der Waals surface area contributed by atoms with E-state index in [4.69, 9.17) is 16.0 Å². The lowest BCUT2D eigenvalue weighted by Gasteiger charge is -2.07. The Morgan fingerprint density at radius 2 is 2.31 bits per heavy atom. The molecule has 0 atom stereocenters. The lowest BCUT2D eigenvalue weighted by molar-refractivity contribution is 0.0996. The number of oxazole rings is 1. The topological polar surface area (TPSA) is 55.1 Å². The van der Waals surface area contributed by atoms with E-state index in [0.29, 0.717) is 10.7 Å². The second kappa shape index (κ2) is 4.37. The van der Waals surface area contributed by atoms with E-state index in [0.717, 1.165) is 5.56 Å². The molecule has 0 fully saturated rings. The SMILES string of the molecule is Cc1c(Cl)cccc1NC(=O)c1cnco1. The van der Waals surface area contributed by atoms with Crippen LogP contribution < -0.4 is 5.32 Å². The van der Waals surface area contributed by atoms with Crippen molar-refractivity contribution in [2.45, 2.75) is 6.92 Å². The zero-order valence-corrected chi connectivity index (χ0v) is 9.28. The van der Waals surface area contributed by atoms with E-state index in [1.807, 2.05) is 6.92 Å². The van der Waals surface area contributed by atoms with Crippen LogP contribution in [0.1, 0.15) is 16.1 Å². The second-order valence-electron chi connectivity index (χ2n) is 3.23. The van der Waals surface area contributed by atoms with Gasteiger partial charge in [0.2, 0.25) is 5.76 Å². The zero-order valence-electron chi connectivity index (χ0n) is 8.53. The molecule has 2 aromatic rings. The van der Waals surface area contributed by atoms with Crippen LogP contribution in [0.25, 0.3) is 0 Å². The monoisotopic (exact) mass is 236 g/mol. The number of rotatable bonds is 2. The van der Waals surface area contributed by atoms with Gasteiger partial charge in [0.15, 0.2) is 6.39 Å². The van der Waals surface area contributed by atoms with Crippen molar-refractivity contribution in [2.24, 2.45) is 0 Å². The number of halogens is 1. The quantitative estimate of drug-likeness (QED) is 0.872. The number of carbonyl (C=O) groups excluding carboxylic acids is 1. The molecule has 0 saturated carbocycles. The molecule has 0 radical (unpaired) electrons. The van der Waals surface area contributed by atoms with Crippen LogP contribution in [0.4, 0.5) is 5.69 Å². The Morgan fingerprint density at radius 1 is 1.50 bits per heavy atom. The molecule has 0 spiro atoms. The molecule has 1 aromatic heterocycles. The molecule has 0 aliphatic rings. The molecular formula is C11H9ClN2O2. The first kappa shape index (κ1) is 10.7. The van der Waals surface area contributed by atoms with Gasteiger partial charge in [0.1, 0.15) is 0 Å². The minimum absolute atomic E-state index is 0.166. The third kappa shape index (κ3) is 2.06. The fraction of sp³-hybridized carbons (Fsp3) is 0.0909. The maximum absolute atomic E-state index is 11.7. The summed E-state index contributed by atoms with van der Waals surface area (Å²) in [4.78, 5) is 15.3. The van der Waals surface area contributed by atoms with E-state index in [2.05, 4.69) is 10.3 Å². The third-order valence-corrected chi connectivity index (χ3v) is 2.58. The number of nitrogens with zero attached hydrogens (tertiary/aromatic N) is 1. The molecule has 82 valence electrons. The van der Waals surface area contributed by atoms with E-state index in [1.165, 1.54) is 12.6 Å². The highest BCUT2D eigenvalue weighted by Crippen LogP contribution is 2.23. The molecule has 0 bridgehead atoms. The average Bonchev–Trinajstić information content (AvgIpc) is 2.78.